The lowest BCUT2D eigenvalue weighted by molar-refractivity contribution is 0.188. The van der Waals surface area contributed by atoms with E-state index in [1.165, 1.54) is 0 Å². The Bertz CT molecular complexity index is 651. The van der Waals surface area contributed by atoms with Gasteiger partial charge in [-0.15, -0.1) is 0 Å². The number of hydrogen-bond acceptors (Lipinski definition) is 5. The molecule has 21 heavy (non-hydrogen) atoms. The highest BCUT2D eigenvalue weighted by molar-refractivity contribution is 5.27. The number of pyridine rings is 1. The van der Waals surface area contributed by atoms with E-state index in [9.17, 15) is 10.2 Å². The number of hydrogen-bond donors (Lipinski definition) is 2. The summed E-state index contributed by atoms with van der Waals surface area (Å²) in [4.78, 5) is 6.63. The van der Waals surface area contributed by atoms with E-state index in [-0.39, 0.29) is 5.75 Å². The summed E-state index contributed by atoms with van der Waals surface area (Å²) in [6.45, 7) is 6.64. The lowest BCUT2D eigenvalue weighted by atomic mass is 10.2. The molecule has 6 heteroatoms. The minimum Gasteiger partial charge on any atom is -0.506 e. The Labute approximate surface area is 123 Å². The first-order chi connectivity index (χ1) is 10.0. The van der Waals surface area contributed by atoms with E-state index < -0.39 is 6.10 Å². The van der Waals surface area contributed by atoms with E-state index in [4.69, 9.17) is 0 Å². The Kier molecular flexibility index (Phi) is 3.65. The standard InChI is InChI=1S/C15H20N4O2/c1-10-3-4-15(21)14(16-10)9-18-5-6-19-12(8-18)7-13(17-19)11(2)20/h3-4,7,11,20-21H,5-6,8-9H2,1-2H3/t11-/m1/s1. The number of aromatic hydroxyl groups is 1. The van der Waals surface area contributed by atoms with Gasteiger partial charge in [-0.05, 0) is 32.0 Å². The molecule has 0 fully saturated rings. The maximum absolute atomic E-state index is 9.90. The van der Waals surface area contributed by atoms with Crippen LogP contribution in [0.15, 0.2) is 18.2 Å². The third-order valence-corrected chi connectivity index (χ3v) is 3.79. The molecule has 6 nitrogen and oxygen atoms in total. The van der Waals surface area contributed by atoms with Crippen molar-refractivity contribution in [2.24, 2.45) is 0 Å². The number of nitrogens with zero attached hydrogens (tertiary/aromatic N) is 4. The van der Waals surface area contributed by atoms with Crippen molar-refractivity contribution in [2.45, 2.75) is 39.6 Å². The van der Waals surface area contributed by atoms with Gasteiger partial charge in [0.15, 0.2) is 0 Å². The molecule has 2 aromatic heterocycles. The highest BCUT2D eigenvalue weighted by atomic mass is 16.3. The van der Waals surface area contributed by atoms with Crippen LogP contribution in [0.3, 0.4) is 0 Å². The smallest absolute Gasteiger partial charge is 0.138 e. The molecule has 3 heterocycles. The highest BCUT2D eigenvalue weighted by Gasteiger charge is 2.21. The van der Waals surface area contributed by atoms with E-state index in [0.29, 0.717) is 17.9 Å². The van der Waals surface area contributed by atoms with Gasteiger partial charge >= 0.3 is 0 Å². The molecular weight excluding hydrogens is 268 g/mol. The van der Waals surface area contributed by atoms with Gasteiger partial charge in [-0.1, -0.05) is 0 Å². The fourth-order valence-corrected chi connectivity index (χ4v) is 2.61. The molecule has 1 aliphatic heterocycles. The van der Waals surface area contributed by atoms with Gasteiger partial charge in [0, 0.05) is 25.3 Å². The lowest BCUT2D eigenvalue weighted by Crippen LogP contribution is -2.33. The first kappa shape index (κ1) is 14.0. The Morgan fingerprint density at radius 3 is 2.90 bits per heavy atom. The van der Waals surface area contributed by atoms with Gasteiger partial charge in [0.2, 0.25) is 0 Å². The van der Waals surface area contributed by atoms with Crippen molar-refractivity contribution in [3.05, 3.63) is 41.0 Å². The molecule has 1 atom stereocenters. The largest absolute Gasteiger partial charge is 0.506 e. The van der Waals surface area contributed by atoms with Crippen molar-refractivity contribution < 1.29 is 10.2 Å². The summed E-state index contributed by atoms with van der Waals surface area (Å²) in [5.74, 6) is 0.240. The Morgan fingerprint density at radius 2 is 2.14 bits per heavy atom. The minimum atomic E-state index is -0.543. The summed E-state index contributed by atoms with van der Waals surface area (Å²) in [5.41, 5.74) is 3.41. The predicted octanol–water partition coefficient (Wildman–Crippen LogP) is 1.36. The fraction of sp³-hybridized carbons (Fsp3) is 0.467. The second-order valence-corrected chi connectivity index (χ2v) is 5.59. The van der Waals surface area contributed by atoms with Gasteiger partial charge in [-0.3, -0.25) is 14.6 Å². The Hall–Kier alpha value is -1.92. The van der Waals surface area contributed by atoms with Crippen LogP contribution in [0.4, 0.5) is 0 Å². The molecule has 0 saturated heterocycles. The number of aliphatic hydroxyl groups is 1. The van der Waals surface area contributed by atoms with Crippen molar-refractivity contribution in [2.75, 3.05) is 6.54 Å². The van der Waals surface area contributed by atoms with E-state index in [1.807, 2.05) is 17.7 Å². The van der Waals surface area contributed by atoms with Crippen molar-refractivity contribution in [1.29, 1.82) is 0 Å². The summed E-state index contributed by atoms with van der Waals surface area (Å²) in [6.07, 6.45) is -0.543. The van der Waals surface area contributed by atoms with E-state index in [2.05, 4.69) is 15.0 Å². The van der Waals surface area contributed by atoms with Crippen LogP contribution in [0.1, 0.15) is 35.8 Å². The second kappa shape index (κ2) is 5.46. The van der Waals surface area contributed by atoms with Gasteiger partial charge in [0.05, 0.1) is 29.7 Å². The van der Waals surface area contributed by atoms with E-state index in [0.717, 1.165) is 31.0 Å². The van der Waals surface area contributed by atoms with Gasteiger partial charge in [0.1, 0.15) is 5.75 Å². The number of fused-ring (bicyclic) bond motifs is 1. The monoisotopic (exact) mass is 288 g/mol. The van der Waals surface area contributed by atoms with Crippen molar-refractivity contribution in [1.82, 2.24) is 19.7 Å². The second-order valence-electron chi connectivity index (χ2n) is 5.59. The predicted molar refractivity (Wildman–Crippen MR) is 77.6 cm³/mol. The zero-order chi connectivity index (χ0) is 15.0. The molecule has 0 bridgehead atoms. The summed E-state index contributed by atoms with van der Waals surface area (Å²) in [5, 5.41) is 23.9. The van der Waals surface area contributed by atoms with Crippen molar-refractivity contribution >= 4 is 0 Å². The molecule has 2 N–H and O–H groups in total. The molecule has 112 valence electrons. The zero-order valence-electron chi connectivity index (χ0n) is 12.3. The van der Waals surface area contributed by atoms with Crippen LogP contribution in [-0.2, 0) is 19.6 Å². The fourth-order valence-electron chi connectivity index (χ4n) is 2.61. The van der Waals surface area contributed by atoms with Crippen LogP contribution in [0, 0.1) is 6.92 Å². The molecule has 0 amide bonds. The minimum absolute atomic E-state index is 0.240. The van der Waals surface area contributed by atoms with Crippen LogP contribution >= 0.6 is 0 Å². The zero-order valence-corrected chi connectivity index (χ0v) is 12.3. The topological polar surface area (TPSA) is 74.4 Å². The molecule has 0 unspecified atom stereocenters. The summed E-state index contributed by atoms with van der Waals surface area (Å²) in [7, 11) is 0. The average Bonchev–Trinajstić information content (AvgIpc) is 2.86. The Balaban J connectivity index is 1.75. The third kappa shape index (κ3) is 2.91. The van der Waals surface area contributed by atoms with Crippen LogP contribution < -0.4 is 0 Å². The average molecular weight is 288 g/mol. The first-order valence-electron chi connectivity index (χ1n) is 7.15. The van der Waals surface area contributed by atoms with Crippen LogP contribution in [0.5, 0.6) is 5.75 Å². The number of aromatic nitrogens is 3. The molecule has 2 aromatic rings. The summed E-state index contributed by atoms with van der Waals surface area (Å²) in [6, 6.07) is 5.44. The quantitative estimate of drug-likeness (QED) is 0.892. The molecule has 0 aromatic carbocycles. The van der Waals surface area contributed by atoms with Gasteiger partial charge in [-0.2, -0.15) is 5.10 Å². The van der Waals surface area contributed by atoms with Crippen LogP contribution in [0.25, 0.3) is 0 Å². The third-order valence-electron chi connectivity index (χ3n) is 3.79. The molecule has 3 rings (SSSR count). The molecule has 0 spiro atoms. The van der Waals surface area contributed by atoms with Crippen molar-refractivity contribution in [3.63, 3.8) is 0 Å². The molecule has 1 aliphatic rings. The SMILES string of the molecule is Cc1ccc(O)c(CN2CCn3nc([C@@H](C)O)cc3C2)n1. The van der Waals surface area contributed by atoms with Crippen LogP contribution in [-0.4, -0.2) is 36.4 Å². The Morgan fingerprint density at radius 1 is 1.33 bits per heavy atom. The van der Waals surface area contributed by atoms with Gasteiger partial charge in [-0.25, -0.2) is 0 Å². The number of aryl methyl sites for hydroxylation is 1. The van der Waals surface area contributed by atoms with E-state index >= 15 is 0 Å². The van der Waals surface area contributed by atoms with Gasteiger partial charge < -0.3 is 10.2 Å². The summed E-state index contributed by atoms with van der Waals surface area (Å²) < 4.78 is 1.95. The van der Waals surface area contributed by atoms with Crippen LogP contribution in [0.2, 0.25) is 0 Å². The van der Waals surface area contributed by atoms with Crippen molar-refractivity contribution in [3.8, 4) is 5.75 Å². The molecule has 0 radical (unpaired) electrons. The maximum atomic E-state index is 9.90. The molecular formula is C15H20N4O2. The summed E-state index contributed by atoms with van der Waals surface area (Å²) >= 11 is 0. The molecule has 0 saturated carbocycles. The highest BCUT2D eigenvalue weighted by Crippen LogP contribution is 2.22. The lowest BCUT2D eigenvalue weighted by Gasteiger charge is -2.27. The number of aliphatic hydroxyl groups excluding tert-OH is 1. The normalized spacial score (nSPS) is 16.7. The van der Waals surface area contributed by atoms with Gasteiger partial charge in [0.25, 0.3) is 0 Å². The number of rotatable bonds is 3. The first-order valence-corrected chi connectivity index (χ1v) is 7.15. The van der Waals surface area contributed by atoms with E-state index in [1.54, 1.807) is 19.1 Å². The molecule has 0 aliphatic carbocycles. The maximum Gasteiger partial charge on any atom is 0.138 e.